The van der Waals surface area contributed by atoms with Gasteiger partial charge in [-0.25, -0.2) is 0 Å². The fraction of sp³-hybridized carbons (Fsp3) is 0.0909. The summed E-state index contributed by atoms with van der Waals surface area (Å²) in [5.41, 5.74) is 7.96. The van der Waals surface area contributed by atoms with Gasteiger partial charge >= 0.3 is 0 Å². The van der Waals surface area contributed by atoms with Gasteiger partial charge in [-0.15, -0.1) is 10.2 Å². The zero-order valence-electron chi connectivity index (χ0n) is 8.34. The van der Waals surface area contributed by atoms with Gasteiger partial charge in [-0.3, -0.25) is 0 Å². The average Bonchev–Trinajstić information content (AvgIpc) is 2.30. The summed E-state index contributed by atoms with van der Waals surface area (Å²) in [4.78, 5) is 0. The lowest BCUT2D eigenvalue weighted by atomic mass is 10.1. The Morgan fingerprint density at radius 1 is 1.13 bits per heavy atom. The van der Waals surface area contributed by atoms with Crippen LogP contribution in [0.3, 0.4) is 0 Å². The SMILES string of the molecule is COc1nnc(-c2ccccc2)cc1N. The Morgan fingerprint density at radius 2 is 1.87 bits per heavy atom. The number of aromatic nitrogens is 2. The van der Waals surface area contributed by atoms with E-state index in [4.69, 9.17) is 10.5 Å². The van der Waals surface area contributed by atoms with E-state index in [1.807, 2.05) is 30.3 Å². The maximum atomic E-state index is 5.74. The second kappa shape index (κ2) is 3.96. The standard InChI is InChI=1S/C11H11N3O/c1-15-11-9(12)7-10(13-14-11)8-5-3-2-4-6-8/h2-7H,1H3,(H2,12,13). The van der Waals surface area contributed by atoms with Gasteiger partial charge in [0.1, 0.15) is 0 Å². The van der Waals surface area contributed by atoms with Crippen LogP contribution in [0.2, 0.25) is 0 Å². The first-order valence-corrected chi connectivity index (χ1v) is 4.54. The lowest BCUT2D eigenvalue weighted by molar-refractivity contribution is 0.394. The number of hydrogen-bond acceptors (Lipinski definition) is 4. The largest absolute Gasteiger partial charge is 0.478 e. The molecule has 0 aliphatic heterocycles. The topological polar surface area (TPSA) is 61.0 Å². The first-order valence-electron chi connectivity index (χ1n) is 4.54. The quantitative estimate of drug-likeness (QED) is 0.803. The molecule has 15 heavy (non-hydrogen) atoms. The summed E-state index contributed by atoms with van der Waals surface area (Å²) in [5.74, 6) is 0.356. The predicted molar refractivity (Wildman–Crippen MR) is 58.4 cm³/mol. The molecule has 1 aromatic heterocycles. The minimum Gasteiger partial charge on any atom is -0.478 e. The van der Waals surface area contributed by atoms with Gasteiger partial charge in [-0.2, -0.15) is 0 Å². The molecule has 0 spiro atoms. The first-order chi connectivity index (χ1) is 7.31. The predicted octanol–water partition coefficient (Wildman–Crippen LogP) is 1.73. The number of hydrogen-bond donors (Lipinski definition) is 1. The van der Waals surface area contributed by atoms with E-state index in [2.05, 4.69) is 10.2 Å². The van der Waals surface area contributed by atoms with Gasteiger partial charge < -0.3 is 10.5 Å². The van der Waals surface area contributed by atoms with Crippen molar-refractivity contribution in [1.29, 1.82) is 0 Å². The van der Waals surface area contributed by atoms with E-state index in [9.17, 15) is 0 Å². The number of nitrogen functional groups attached to an aromatic ring is 1. The van der Waals surface area contributed by atoms with Crippen molar-refractivity contribution < 1.29 is 4.74 Å². The van der Waals surface area contributed by atoms with Crippen molar-refractivity contribution in [1.82, 2.24) is 10.2 Å². The van der Waals surface area contributed by atoms with Crippen LogP contribution >= 0.6 is 0 Å². The normalized spacial score (nSPS) is 9.93. The zero-order chi connectivity index (χ0) is 10.7. The molecule has 2 N–H and O–H groups in total. The van der Waals surface area contributed by atoms with Crippen molar-refractivity contribution in [3.05, 3.63) is 36.4 Å². The molecule has 0 bridgehead atoms. The molecule has 4 nitrogen and oxygen atoms in total. The number of methoxy groups -OCH3 is 1. The Labute approximate surface area is 87.7 Å². The lowest BCUT2D eigenvalue weighted by Gasteiger charge is -2.04. The highest BCUT2D eigenvalue weighted by Gasteiger charge is 2.05. The van der Waals surface area contributed by atoms with Gasteiger partial charge in [0.15, 0.2) is 0 Å². The fourth-order valence-electron chi connectivity index (χ4n) is 1.30. The molecule has 2 rings (SSSR count). The number of ether oxygens (including phenoxy) is 1. The number of anilines is 1. The second-order valence-corrected chi connectivity index (χ2v) is 3.06. The van der Waals surface area contributed by atoms with Crippen LogP contribution in [0.1, 0.15) is 0 Å². The summed E-state index contributed by atoms with van der Waals surface area (Å²) < 4.78 is 4.94. The molecule has 0 fully saturated rings. The molecule has 0 aliphatic rings. The van der Waals surface area contributed by atoms with Gasteiger partial charge in [0, 0.05) is 5.56 Å². The summed E-state index contributed by atoms with van der Waals surface area (Å²) >= 11 is 0. The van der Waals surface area contributed by atoms with Crippen LogP contribution in [-0.2, 0) is 0 Å². The van der Waals surface area contributed by atoms with Crippen LogP contribution in [0.25, 0.3) is 11.3 Å². The number of benzene rings is 1. The Morgan fingerprint density at radius 3 is 2.47 bits per heavy atom. The van der Waals surface area contributed by atoms with Crippen LogP contribution in [-0.4, -0.2) is 17.3 Å². The van der Waals surface area contributed by atoms with Crippen molar-refractivity contribution in [2.45, 2.75) is 0 Å². The molecule has 0 atom stereocenters. The summed E-state index contributed by atoms with van der Waals surface area (Å²) in [6.07, 6.45) is 0. The molecule has 1 aromatic carbocycles. The number of rotatable bonds is 2. The van der Waals surface area contributed by atoms with Crippen LogP contribution in [0.15, 0.2) is 36.4 Å². The Hall–Kier alpha value is -2.10. The molecule has 0 unspecified atom stereocenters. The van der Waals surface area contributed by atoms with Gasteiger partial charge in [0.25, 0.3) is 5.88 Å². The number of nitrogens with zero attached hydrogens (tertiary/aromatic N) is 2. The molecule has 4 heteroatoms. The van der Waals surface area contributed by atoms with Gasteiger partial charge in [-0.1, -0.05) is 30.3 Å². The summed E-state index contributed by atoms with van der Waals surface area (Å²) in [7, 11) is 1.52. The van der Waals surface area contributed by atoms with Crippen molar-refractivity contribution in [3.8, 4) is 17.1 Å². The second-order valence-electron chi connectivity index (χ2n) is 3.06. The third-order valence-electron chi connectivity index (χ3n) is 2.05. The molecule has 0 radical (unpaired) electrons. The van der Waals surface area contributed by atoms with Crippen molar-refractivity contribution in [3.63, 3.8) is 0 Å². The number of nitrogens with two attached hydrogens (primary N) is 1. The first kappa shape index (κ1) is 9.45. The van der Waals surface area contributed by atoms with Gasteiger partial charge in [0.05, 0.1) is 18.5 Å². The minimum atomic E-state index is 0.356. The van der Waals surface area contributed by atoms with E-state index in [-0.39, 0.29) is 0 Å². The maximum Gasteiger partial charge on any atom is 0.256 e. The van der Waals surface area contributed by atoms with E-state index in [0.29, 0.717) is 11.6 Å². The van der Waals surface area contributed by atoms with Crippen molar-refractivity contribution in [2.24, 2.45) is 0 Å². The van der Waals surface area contributed by atoms with E-state index in [0.717, 1.165) is 11.3 Å². The molecule has 0 saturated heterocycles. The molecule has 76 valence electrons. The monoisotopic (exact) mass is 201 g/mol. The van der Waals surface area contributed by atoms with Crippen LogP contribution < -0.4 is 10.5 Å². The van der Waals surface area contributed by atoms with Crippen LogP contribution in [0.4, 0.5) is 5.69 Å². The average molecular weight is 201 g/mol. The van der Waals surface area contributed by atoms with Gasteiger partial charge in [0.2, 0.25) is 0 Å². The maximum absolute atomic E-state index is 5.74. The van der Waals surface area contributed by atoms with Crippen LogP contribution in [0.5, 0.6) is 5.88 Å². The van der Waals surface area contributed by atoms with E-state index < -0.39 is 0 Å². The molecule has 0 saturated carbocycles. The zero-order valence-corrected chi connectivity index (χ0v) is 8.34. The summed E-state index contributed by atoms with van der Waals surface area (Å²) in [5, 5.41) is 7.90. The van der Waals surface area contributed by atoms with Gasteiger partial charge in [-0.05, 0) is 6.07 Å². The molecular formula is C11H11N3O. The minimum absolute atomic E-state index is 0.356. The smallest absolute Gasteiger partial charge is 0.256 e. The van der Waals surface area contributed by atoms with E-state index in [1.54, 1.807) is 6.07 Å². The highest BCUT2D eigenvalue weighted by Crippen LogP contribution is 2.22. The highest BCUT2D eigenvalue weighted by atomic mass is 16.5. The summed E-state index contributed by atoms with van der Waals surface area (Å²) in [6, 6.07) is 11.5. The molecule has 2 aromatic rings. The molecule has 0 amide bonds. The Bertz CT molecular complexity index is 457. The van der Waals surface area contributed by atoms with Crippen molar-refractivity contribution in [2.75, 3.05) is 12.8 Å². The Kier molecular flexibility index (Phi) is 2.49. The highest BCUT2D eigenvalue weighted by molar-refractivity contribution is 5.64. The molecule has 1 heterocycles. The van der Waals surface area contributed by atoms with Crippen molar-refractivity contribution >= 4 is 5.69 Å². The molecular weight excluding hydrogens is 190 g/mol. The fourth-order valence-corrected chi connectivity index (χ4v) is 1.30. The van der Waals surface area contributed by atoms with E-state index in [1.165, 1.54) is 7.11 Å². The Balaban J connectivity index is 2.43. The third-order valence-corrected chi connectivity index (χ3v) is 2.05. The lowest BCUT2D eigenvalue weighted by Crippen LogP contribution is -1.98. The summed E-state index contributed by atoms with van der Waals surface area (Å²) in [6.45, 7) is 0. The third kappa shape index (κ3) is 1.88. The van der Waals surface area contributed by atoms with E-state index >= 15 is 0 Å². The molecule has 0 aliphatic carbocycles. The van der Waals surface area contributed by atoms with Crippen LogP contribution in [0, 0.1) is 0 Å².